The van der Waals surface area contributed by atoms with E-state index in [0.717, 1.165) is 13.3 Å². The fourth-order valence-electron chi connectivity index (χ4n) is 1.06. The van der Waals surface area contributed by atoms with Gasteiger partial charge in [0.2, 0.25) is 5.75 Å². The minimum absolute atomic E-state index is 0.117. The Morgan fingerprint density at radius 3 is 2.50 bits per heavy atom. The molecule has 0 aliphatic carbocycles. The van der Waals surface area contributed by atoms with Gasteiger partial charge in [0.25, 0.3) is 5.56 Å². The van der Waals surface area contributed by atoms with Crippen LogP contribution in [-0.2, 0) is 5.88 Å². The fraction of sp³-hybridized carbons (Fsp3) is 0.375. The number of alkyl halides is 4. The van der Waals surface area contributed by atoms with Gasteiger partial charge in [-0.2, -0.15) is 0 Å². The largest absolute Gasteiger partial charge is 0.573 e. The van der Waals surface area contributed by atoms with Gasteiger partial charge in [0.15, 0.2) is 5.75 Å². The molecule has 16 heavy (non-hydrogen) atoms. The Hall–Kier alpha value is -1.37. The van der Waals surface area contributed by atoms with E-state index in [1.54, 1.807) is 0 Å². The van der Waals surface area contributed by atoms with Gasteiger partial charge in [-0.15, -0.1) is 24.8 Å². The van der Waals surface area contributed by atoms with Crippen molar-refractivity contribution in [3.63, 3.8) is 0 Å². The van der Waals surface area contributed by atoms with Gasteiger partial charge < -0.3 is 14.5 Å². The molecule has 0 atom stereocenters. The van der Waals surface area contributed by atoms with Crippen molar-refractivity contribution >= 4 is 11.6 Å². The zero-order valence-corrected chi connectivity index (χ0v) is 8.78. The van der Waals surface area contributed by atoms with E-state index in [-0.39, 0.29) is 17.2 Å². The lowest BCUT2D eigenvalue weighted by Gasteiger charge is -2.13. The first kappa shape index (κ1) is 12.7. The van der Waals surface area contributed by atoms with Gasteiger partial charge >= 0.3 is 6.36 Å². The van der Waals surface area contributed by atoms with Crippen molar-refractivity contribution in [1.29, 1.82) is 0 Å². The third-order valence-corrected chi connectivity index (χ3v) is 1.94. The van der Waals surface area contributed by atoms with Gasteiger partial charge in [-0.25, -0.2) is 0 Å². The smallest absolute Gasteiger partial charge is 0.492 e. The molecule has 1 aromatic heterocycles. The quantitative estimate of drug-likeness (QED) is 0.843. The summed E-state index contributed by atoms with van der Waals surface area (Å²) in [7, 11) is 1.12. The van der Waals surface area contributed by atoms with Crippen LogP contribution in [0.3, 0.4) is 0 Å². The summed E-state index contributed by atoms with van der Waals surface area (Å²) in [6.45, 7) is 0. The van der Waals surface area contributed by atoms with Crippen molar-refractivity contribution in [3.05, 3.63) is 22.1 Å². The standard InChI is InChI=1S/C8H7ClF3NO3/c1-15-5-4(2-9)3-13-7(14)6(5)16-8(10,11)12/h3H,2H2,1H3,(H,13,14). The molecule has 1 N–H and O–H groups in total. The highest BCUT2D eigenvalue weighted by molar-refractivity contribution is 6.17. The number of nitrogens with one attached hydrogen (secondary N) is 1. The Labute approximate surface area is 92.9 Å². The molecule has 1 rings (SSSR count). The van der Waals surface area contributed by atoms with E-state index in [4.69, 9.17) is 11.6 Å². The monoisotopic (exact) mass is 257 g/mol. The number of H-pyrrole nitrogens is 1. The number of hydrogen-bond acceptors (Lipinski definition) is 3. The van der Waals surface area contributed by atoms with E-state index in [9.17, 15) is 18.0 Å². The van der Waals surface area contributed by atoms with E-state index in [1.165, 1.54) is 0 Å². The summed E-state index contributed by atoms with van der Waals surface area (Å²) in [6.07, 6.45) is -3.80. The molecule has 0 aliphatic heterocycles. The molecular formula is C8H7ClF3NO3. The first-order chi connectivity index (χ1) is 7.39. The maximum atomic E-state index is 12.0. The van der Waals surface area contributed by atoms with Crippen LogP contribution < -0.4 is 15.0 Å². The van der Waals surface area contributed by atoms with Crippen molar-refractivity contribution in [2.45, 2.75) is 12.2 Å². The molecule has 4 nitrogen and oxygen atoms in total. The van der Waals surface area contributed by atoms with Crippen molar-refractivity contribution in [2.24, 2.45) is 0 Å². The summed E-state index contributed by atoms with van der Waals surface area (Å²) in [5, 5.41) is 0. The van der Waals surface area contributed by atoms with Gasteiger partial charge in [-0.3, -0.25) is 4.79 Å². The maximum absolute atomic E-state index is 12.0. The molecule has 0 saturated carbocycles. The summed E-state index contributed by atoms with van der Waals surface area (Å²) >= 11 is 5.47. The molecule has 1 heterocycles. The Morgan fingerprint density at radius 2 is 2.06 bits per heavy atom. The average Bonchev–Trinajstić information content (AvgIpc) is 2.19. The summed E-state index contributed by atoms with van der Waals surface area (Å²) in [5.74, 6) is -1.39. The van der Waals surface area contributed by atoms with E-state index in [2.05, 4.69) is 14.5 Å². The highest BCUT2D eigenvalue weighted by atomic mass is 35.5. The molecule has 90 valence electrons. The second kappa shape index (κ2) is 4.65. The van der Waals surface area contributed by atoms with Gasteiger partial charge in [0, 0.05) is 11.8 Å². The zero-order valence-electron chi connectivity index (χ0n) is 8.02. The van der Waals surface area contributed by atoms with Gasteiger partial charge in [-0.1, -0.05) is 0 Å². The molecular weight excluding hydrogens is 251 g/mol. The summed E-state index contributed by atoms with van der Waals surface area (Å²) in [6, 6.07) is 0. The van der Waals surface area contributed by atoms with Gasteiger partial charge in [-0.05, 0) is 0 Å². The molecule has 0 aromatic carbocycles. The van der Waals surface area contributed by atoms with Crippen molar-refractivity contribution in [1.82, 2.24) is 4.98 Å². The van der Waals surface area contributed by atoms with E-state index in [1.807, 2.05) is 0 Å². The average molecular weight is 258 g/mol. The van der Waals surface area contributed by atoms with Gasteiger partial charge in [0.05, 0.1) is 13.0 Å². The van der Waals surface area contributed by atoms with Crippen LogP contribution in [0.15, 0.2) is 11.0 Å². The predicted octanol–water partition coefficient (Wildman–Crippen LogP) is 2.02. The van der Waals surface area contributed by atoms with Crippen LogP contribution in [0.25, 0.3) is 0 Å². The second-order valence-corrected chi connectivity index (χ2v) is 2.95. The molecule has 0 fully saturated rings. The zero-order chi connectivity index (χ0) is 12.3. The molecule has 0 radical (unpaired) electrons. The number of halogens is 4. The maximum Gasteiger partial charge on any atom is 0.573 e. The Kier molecular flexibility index (Phi) is 3.69. The number of rotatable bonds is 3. The summed E-state index contributed by atoms with van der Waals surface area (Å²) in [4.78, 5) is 13.2. The van der Waals surface area contributed by atoms with Crippen LogP contribution in [0.2, 0.25) is 0 Å². The van der Waals surface area contributed by atoms with Gasteiger partial charge in [0.1, 0.15) is 0 Å². The normalized spacial score (nSPS) is 11.3. The molecule has 0 bridgehead atoms. The number of aromatic nitrogens is 1. The highest BCUT2D eigenvalue weighted by Gasteiger charge is 2.34. The molecule has 0 spiro atoms. The lowest BCUT2D eigenvalue weighted by molar-refractivity contribution is -0.275. The topological polar surface area (TPSA) is 51.3 Å². The lowest BCUT2D eigenvalue weighted by atomic mass is 10.3. The molecule has 0 unspecified atom stereocenters. The highest BCUT2D eigenvalue weighted by Crippen LogP contribution is 2.31. The minimum atomic E-state index is -4.97. The molecule has 1 aromatic rings. The summed E-state index contributed by atoms with van der Waals surface area (Å²) in [5.41, 5.74) is -0.842. The van der Waals surface area contributed by atoms with Crippen LogP contribution in [0.5, 0.6) is 11.5 Å². The number of methoxy groups -OCH3 is 1. The first-order valence-electron chi connectivity index (χ1n) is 3.99. The SMILES string of the molecule is COc1c(CCl)c[nH]c(=O)c1OC(F)(F)F. The first-order valence-corrected chi connectivity index (χ1v) is 4.52. The molecule has 0 saturated heterocycles. The summed E-state index contributed by atoms with van der Waals surface area (Å²) < 4.78 is 44.3. The van der Waals surface area contributed by atoms with Crippen molar-refractivity contribution in [2.75, 3.05) is 7.11 Å². The Balaban J connectivity index is 3.29. The fourth-order valence-corrected chi connectivity index (χ4v) is 1.26. The minimum Gasteiger partial charge on any atom is -0.492 e. The third-order valence-electron chi connectivity index (χ3n) is 1.65. The van der Waals surface area contributed by atoms with Crippen molar-refractivity contribution in [3.8, 4) is 11.5 Å². The van der Waals surface area contributed by atoms with Crippen molar-refractivity contribution < 1.29 is 22.6 Å². The Bertz CT molecular complexity index is 430. The van der Waals surface area contributed by atoms with Crippen LogP contribution in [0.1, 0.15) is 5.56 Å². The Morgan fingerprint density at radius 1 is 1.44 bits per heavy atom. The third kappa shape index (κ3) is 2.82. The van der Waals surface area contributed by atoms with Crippen LogP contribution in [0, 0.1) is 0 Å². The number of pyridine rings is 1. The van der Waals surface area contributed by atoms with Crippen LogP contribution >= 0.6 is 11.6 Å². The molecule has 8 heteroatoms. The predicted molar refractivity (Wildman–Crippen MR) is 49.9 cm³/mol. The lowest BCUT2D eigenvalue weighted by Crippen LogP contribution is -2.23. The number of hydrogen-bond donors (Lipinski definition) is 1. The van der Waals surface area contributed by atoms with E-state index < -0.39 is 17.7 Å². The van der Waals surface area contributed by atoms with Crippen LogP contribution in [-0.4, -0.2) is 18.5 Å². The second-order valence-electron chi connectivity index (χ2n) is 2.69. The van der Waals surface area contributed by atoms with Crippen LogP contribution in [0.4, 0.5) is 13.2 Å². The number of aromatic amines is 1. The molecule has 0 aliphatic rings. The van der Waals surface area contributed by atoms with E-state index in [0.29, 0.717) is 0 Å². The molecule has 0 amide bonds. The number of ether oxygens (including phenoxy) is 2. The van der Waals surface area contributed by atoms with E-state index >= 15 is 0 Å².